The Balaban J connectivity index is 1.44. The molecular weight excluding hydrogens is 468 g/mol. The largest absolute Gasteiger partial charge is 0.456 e. The zero-order valence-corrected chi connectivity index (χ0v) is 22.3. The Morgan fingerprint density at radius 3 is 2.78 bits per heavy atom. The first-order valence-electron chi connectivity index (χ1n) is 13.9. The molecule has 6 nitrogen and oxygen atoms in total. The second kappa shape index (κ2) is 13.2. The summed E-state index contributed by atoms with van der Waals surface area (Å²) in [5.41, 5.74) is 2.33. The molecule has 0 unspecified atom stereocenters. The molecule has 1 saturated carbocycles. The Morgan fingerprint density at radius 1 is 1.14 bits per heavy atom. The predicted molar refractivity (Wildman–Crippen MR) is 144 cm³/mol. The number of aliphatic hydroxyl groups is 2. The molecule has 9 atom stereocenters. The van der Waals surface area contributed by atoms with Gasteiger partial charge in [-0.1, -0.05) is 61.1 Å². The van der Waals surface area contributed by atoms with E-state index in [0.717, 1.165) is 37.7 Å². The lowest BCUT2D eigenvalue weighted by Crippen LogP contribution is -2.31. The number of aliphatic hydroxyl groups excluding tert-OH is 2. The van der Waals surface area contributed by atoms with E-state index in [1.165, 1.54) is 11.6 Å². The van der Waals surface area contributed by atoms with Crippen LogP contribution in [0.15, 0.2) is 60.3 Å². The average molecular weight is 513 g/mol. The second-order valence-electron chi connectivity index (χ2n) is 11.5. The van der Waals surface area contributed by atoms with Gasteiger partial charge in [-0.05, 0) is 76.0 Å². The first kappa shape index (κ1) is 28.0. The van der Waals surface area contributed by atoms with E-state index in [1.807, 2.05) is 6.08 Å². The van der Waals surface area contributed by atoms with Crippen molar-refractivity contribution in [2.45, 2.75) is 102 Å². The Hall–Kier alpha value is -1.99. The first-order chi connectivity index (χ1) is 17.8. The minimum atomic E-state index is -0.947. The van der Waals surface area contributed by atoms with Gasteiger partial charge in [0.25, 0.3) is 0 Å². The van der Waals surface area contributed by atoms with Gasteiger partial charge < -0.3 is 24.4 Å². The molecule has 204 valence electrons. The first-order valence-corrected chi connectivity index (χ1v) is 13.9. The zero-order chi connectivity index (χ0) is 26.4. The van der Waals surface area contributed by atoms with Crippen molar-refractivity contribution in [1.29, 1.82) is 0 Å². The maximum atomic E-state index is 12.7. The van der Waals surface area contributed by atoms with Crippen molar-refractivity contribution in [1.82, 2.24) is 0 Å². The predicted octanol–water partition coefficient (Wildman–Crippen LogP) is 4.97. The Labute approximate surface area is 221 Å². The molecule has 0 radical (unpaired) electrons. The molecule has 2 N–H and O–H groups in total. The van der Waals surface area contributed by atoms with E-state index in [9.17, 15) is 15.0 Å². The molecule has 4 aliphatic rings. The number of ether oxygens (including phenoxy) is 3. The van der Waals surface area contributed by atoms with E-state index >= 15 is 0 Å². The van der Waals surface area contributed by atoms with E-state index in [-0.39, 0.29) is 30.1 Å². The van der Waals surface area contributed by atoms with Crippen LogP contribution in [0, 0.1) is 17.8 Å². The van der Waals surface area contributed by atoms with Gasteiger partial charge >= 0.3 is 5.97 Å². The smallest absolute Gasteiger partial charge is 0.330 e. The van der Waals surface area contributed by atoms with Gasteiger partial charge in [0.15, 0.2) is 0 Å². The van der Waals surface area contributed by atoms with Crippen LogP contribution < -0.4 is 0 Å². The zero-order valence-electron chi connectivity index (χ0n) is 22.3. The molecule has 3 aliphatic heterocycles. The Morgan fingerprint density at radius 2 is 1.97 bits per heavy atom. The molecule has 37 heavy (non-hydrogen) atoms. The van der Waals surface area contributed by atoms with E-state index in [4.69, 9.17) is 14.2 Å². The highest BCUT2D eigenvalue weighted by molar-refractivity contribution is 5.82. The number of rotatable bonds is 3. The van der Waals surface area contributed by atoms with Gasteiger partial charge in [0, 0.05) is 6.08 Å². The van der Waals surface area contributed by atoms with Gasteiger partial charge in [-0.2, -0.15) is 0 Å². The van der Waals surface area contributed by atoms with E-state index in [0.29, 0.717) is 31.8 Å². The average Bonchev–Trinajstić information content (AvgIpc) is 3.61. The van der Waals surface area contributed by atoms with Crippen LogP contribution in [0.3, 0.4) is 0 Å². The summed E-state index contributed by atoms with van der Waals surface area (Å²) >= 11 is 0. The number of esters is 1. The monoisotopic (exact) mass is 512 g/mol. The highest BCUT2D eigenvalue weighted by atomic mass is 16.6. The SMILES string of the molecule is C=C1C[C@H](C)C[C@@H]2CC=C[C@@H](CC=CC(=O)O[C@H]([C@@H](O)C=C[C@@H]3CC(C)=CCO3)C[C@@H]3C[C@H]3[C@@H](O)C1)O2. The van der Waals surface area contributed by atoms with Crippen LogP contribution in [-0.2, 0) is 19.0 Å². The van der Waals surface area contributed by atoms with Gasteiger partial charge in [0.05, 0.1) is 31.0 Å². The van der Waals surface area contributed by atoms with Crippen molar-refractivity contribution in [3.8, 4) is 0 Å². The van der Waals surface area contributed by atoms with Crippen LogP contribution >= 0.6 is 0 Å². The van der Waals surface area contributed by atoms with Gasteiger partial charge in [-0.25, -0.2) is 4.79 Å². The molecule has 4 rings (SSSR count). The minimum absolute atomic E-state index is 0.0663. The lowest BCUT2D eigenvalue weighted by molar-refractivity contribution is -0.148. The summed E-state index contributed by atoms with van der Waals surface area (Å²) in [6.45, 7) is 9.10. The third kappa shape index (κ3) is 8.78. The fraction of sp³-hybridized carbons (Fsp3) is 0.645. The lowest BCUT2D eigenvalue weighted by atomic mass is 9.90. The summed E-state index contributed by atoms with van der Waals surface area (Å²) in [6, 6.07) is 0. The molecule has 2 bridgehead atoms. The summed E-state index contributed by atoms with van der Waals surface area (Å²) in [5, 5.41) is 21.8. The van der Waals surface area contributed by atoms with Crippen LogP contribution in [0.1, 0.15) is 65.2 Å². The standard InChI is InChI=1S/C31H44O6/c1-20-12-13-35-25(15-20)10-11-28(32)30-19-23-18-27(23)29(33)17-22(3)14-21(2)16-26-8-4-6-24(36-26)7-5-9-31(34)37-30/h4-6,9-12,21,23-30,32-33H,3,7-8,13-19H2,1-2H3/t21-,23-,24-,25+,26-,27+,28-,29-,30-/m0/s1. The molecular formula is C31H44O6. The number of hydrogen-bond donors (Lipinski definition) is 2. The number of hydrogen-bond acceptors (Lipinski definition) is 6. The molecule has 0 aromatic heterocycles. The quantitative estimate of drug-likeness (QED) is 0.410. The van der Waals surface area contributed by atoms with Crippen molar-refractivity contribution < 1.29 is 29.2 Å². The third-order valence-electron chi connectivity index (χ3n) is 7.98. The topological polar surface area (TPSA) is 85.2 Å². The lowest BCUT2D eigenvalue weighted by Gasteiger charge is -2.28. The molecule has 1 fully saturated rings. The molecule has 0 aromatic carbocycles. The van der Waals surface area contributed by atoms with Crippen LogP contribution in [-0.4, -0.2) is 59.4 Å². The molecule has 6 heteroatoms. The van der Waals surface area contributed by atoms with Gasteiger partial charge in [0.2, 0.25) is 0 Å². The maximum absolute atomic E-state index is 12.7. The molecule has 1 aliphatic carbocycles. The molecule has 0 amide bonds. The summed E-state index contributed by atoms with van der Waals surface area (Å²) in [7, 11) is 0. The summed E-state index contributed by atoms with van der Waals surface area (Å²) in [4.78, 5) is 12.7. The van der Waals surface area contributed by atoms with Crippen LogP contribution in [0.4, 0.5) is 0 Å². The normalized spacial score (nSPS) is 38.8. The Kier molecular flexibility index (Phi) is 9.99. The molecule has 0 saturated heterocycles. The fourth-order valence-electron chi connectivity index (χ4n) is 5.89. The molecule has 0 spiro atoms. The number of fused-ring (bicyclic) bond motifs is 3. The van der Waals surface area contributed by atoms with Crippen molar-refractivity contribution in [2.24, 2.45) is 17.8 Å². The summed E-state index contributed by atoms with van der Waals surface area (Å²) in [5.74, 6) is 0.302. The van der Waals surface area contributed by atoms with Crippen LogP contribution in [0.2, 0.25) is 0 Å². The maximum Gasteiger partial charge on any atom is 0.330 e. The van der Waals surface area contributed by atoms with Gasteiger partial charge in [0.1, 0.15) is 12.2 Å². The highest BCUT2D eigenvalue weighted by Crippen LogP contribution is 2.47. The van der Waals surface area contributed by atoms with Crippen LogP contribution in [0.25, 0.3) is 0 Å². The highest BCUT2D eigenvalue weighted by Gasteiger charge is 2.44. The fourth-order valence-corrected chi connectivity index (χ4v) is 5.89. The number of cyclic esters (lactones) is 1. The number of carbonyl (C=O) groups excluding carboxylic acids is 1. The summed E-state index contributed by atoms with van der Waals surface area (Å²) < 4.78 is 17.7. The second-order valence-corrected chi connectivity index (χ2v) is 11.5. The minimum Gasteiger partial charge on any atom is -0.456 e. The third-order valence-corrected chi connectivity index (χ3v) is 7.98. The number of carbonyl (C=O) groups is 1. The van der Waals surface area contributed by atoms with Gasteiger partial charge in [-0.15, -0.1) is 0 Å². The molecule has 3 heterocycles. The van der Waals surface area contributed by atoms with Gasteiger partial charge in [-0.3, -0.25) is 0 Å². The summed E-state index contributed by atoms with van der Waals surface area (Å²) in [6.07, 6.45) is 17.0. The van der Waals surface area contributed by atoms with Crippen molar-refractivity contribution in [3.63, 3.8) is 0 Å². The van der Waals surface area contributed by atoms with Crippen molar-refractivity contribution >= 4 is 5.97 Å². The molecule has 0 aromatic rings. The van der Waals surface area contributed by atoms with E-state index in [2.05, 4.69) is 38.7 Å². The van der Waals surface area contributed by atoms with Crippen molar-refractivity contribution in [3.05, 3.63) is 60.3 Å². The van der Waals surface area contributed by atoms with E-state index < -0.39 is 24.3 Å². The van der Waals surface area contributed by atoms with E-state index in [1.54, 1.807) is 12.2 Å². The van der Waals surface area contributed by atoms with Crippen molar-refractivity contribution in [2.75, 3.05) is 6.61 Å². The van der Waals surface area contributed by atoms with Crippen LogP contribution in [0.5, 0.6) is 0 Å². The Bertz CT molecular complexity index is 917.